The van der Waals surface area contributed by atoms with Gasteiger partial charge in [-0.25, -0.2) is 0 Å². The molecule has 0 aliphatic rings. The summed E-state index contributed by atoms with van der Waals surface area (Å²) in [5.41, 5.74) is 0. The van der Waals surface area contributed by atoms with Crippen LogP contribution in [0.4, 0.5) is 0 Å². The molecule has 0 aromatic heterocycles. The van der Waals surface area contributed by atoms with Crippen LogP contribution in [0.15, 0.2) is 12.2 Å². The molecule has 1 atom stereocenters. The van der Waals surface area contributed by atoms with Crippen molar-refractivity contribution < 1.29 is 28.6 Å². The summed E-state index contributed by atoms with van der Waals surface area (Å²) in [5, 5.41) is 0. The minimum absolute atomic E-state index is 0.0678. The van der Waals surface area contributed by atoms with Gasteiger partial charge in [-0.05, 0) is 44.9 Å². The molecule has 75 heavy (non-hydrogen) atoms. The normalized spacial score (nSPS) is 12.0. The topological polar surface area (TPSA) is 78.9 Å². The number of allylic oxidation sites excluding steroid dienone is 2. The van der Waals surface area contributed by atoms with Gasteiger partial charge in [0.15, 0.2) is 6.10 Å². The Bertz CT molecular complexity index is 1170. The van der Waals surface area contributed by atoms with E-state index in [1.54, 1.807) is 0 Å². The lowest BCUT2D eigenvalue weighted by Gasteiger charge is -2.18. The van der Waals surface area contributed by atoms with E-state index >= 15 is 0 Å². The predicted molar refractivity (Wildman–Crippen MR) is 326 cm³/mol. The lowest BCUT2D eigenvalue weighted by molar-refractivity contribution is -0.167. The Morgan fingerprint density at radius 1 is 0.253 bits per heavy atom. The first kappa shape index (κ1) is 73.2. The molecule has 444 valence electrons. The van der Waals surface area contributed by atoms with Crippen molar-refractivity contribution in [2.45, 2.75) is 399 Å². The maximum absolute atomic E-state index is 12.8. The number of carbonyl (C=O) groups excluding carboxylic acids is 3. The van der Waals surface area contributed by atoms with Crippen molar-refractivity contribution in [3.63, 3.8) is 0 Å². The van der Waals surface area contributed by atoms with Crippen molar-refractivity contribution >= 4 is 17.9 Å². The molecule has 0 heterocycles. The lowest BCUT2D eigenvalue weighted by atomic mass is 10.0. The maximum Gasteiger partial charge on any atom is 0.306 e. The zero-order valence-electron chi connectivity index (χ0n) is 51.1. The standard InChI is InChI=1S/C69H132O6/c1-4-7-10-13-16-19-21-23-25-26-27-28-29-30-31-32-33-34-35-36-37-38-39-40-41-42-43-45-46-48-50-53-56-59-62-68(71)74-65-66(64-73-67(70)61-58-55-52-18-15-12-9-6-3)75-69(72)63-60-57-54-51-49-47-44-24-22-20-17-14-11-8-5-2/h24,44,66H,4-23,25-43,45-65H2,1-3H3/b44-24-. The van der Waals surface area contributed by atoms with Crippen LogP contribution < -0.4 is 0 Å². The summed E-state index contributed by atoms with van der Waals surface area (Å²) in [6, 6.07) is 0. The van der Waals surface area contributed by atoms with E-state index in [9.17, 15) is 14.4 Å². The molecule has 0 saturated carbocycles. The van der Waals surface area contributed by atoms with Gasteiger partial charge < -0.3 is 14.2 Å². The van der Waals surface area contributed by atoms with Crippen LogP contribution in [-0.4, -0.2) is 37.2 Å². The molecule has 0 bridgehead atoms. The van der Waals surface area contributed by atoms with E-state index in [0.29, 0.717) is 19.3 Å². The third-order valence-electron chi connectivity index (χ3n) is 15.8. The van der Waals surface area contributed by atoms with Gasteiger partial charge in [0, 0.05) is 19.3 Å². The first-order valence-electron chi connectivity index (χ1n) is 34.2. The molecule has 0 rings (SSSR count). The van der Waals surface area contributed by atoms with Crippen LogP contribution in [0, 0.1) is 0 Å². The fraction of sp³-hybridized carbons (Fsp3) is 0.928. The molecule has 6 nitrogen and oxygen atoms in total. The molecule has 0 amide bonds. The smallest absolute Gasteiger partial charge is 0.306 e. The third-order valence-corrected chi connectivity index (χ3v) is 15.8. The Kier molecular flexibility index (Phi) is 63.1. The average Bonchev–Trinajstić information content (AvgIpc) is 3.41. The van der Waals surface area contributed by atoms with Gasteiger partial charge in [0.05, 0.1) is 0 Å². The van der Waals surface area contributed by atoms with E-state index in [2.05, 4.69) is 32.9 Å². The second kappa shape index (κ2) is 64.7. The molecule has 0 saturated heterocycles. The molecule has 1 unspecified atom stereocenters. The maximum atomic E-state index is 12.8. The van der Waals surface area contributed by atoms with Crippen LogP contribution in [0.5, 0.6) is 0 Å². The Hall–Kier alpha value is -1.85. The Morgan fingerprint density at radius 2 is 0.440 bits per heavy atom. The molecule has 0 fully saturated rings. The summed E-state index contributed by atoms with van der Waals surface area (Å²) in [4.78, 5) is 38.1. The quantitative estimate of drug-likeness (QED) is 0.0261. The minimum Gasteiger partial charge on any atom is -0.462 e. The van der Waals surface area contributed by atoms with Crippen LogP contribution in [-0.2, 0) is 28.6 Å². The Morgan fingerprint density at radius 3 is 0.667 bits per heavy atom. The summed E-state index contributed by atoms with van der Waals surface area (Å²) in [6.45, 7) is 6.66. The number of hydrogen-bond donors (Lipinski definition) is 0. The molecular weight excluding hydrogens is 925 g/mol. The first-order valence-corrected chi connectivity index (χ1v) is 34.2. The van der Waals surface area contributed by atoms with Gasteiger partial charge in [0.25, 0.3) is 0 Å². The van der Waals surface area contributed by atoms with E-state index in [4.69, 9.17) is 14.2 Å². The van der Waals surface area contributed by atoms with E-state index in [1.165, 1.54) is 289 Å². The fourth-order valence-corrected chi connectivity index (χ4v) is 10.6. The van der Waals surface area contributed by atoms with Gasteiger partial charge in [-0.3, -0.25) is 14.4 Å². The summed E-state index contributed by atoms with van der Waals surface area (Å²) in [6.07, 6.45) is 77.1. The van der Waals surface area contributed by atoms with Crippen molar-refractivity contribution in [2.75, 3.05) is 13.2 Å². The number of carbonyl (C=O) groups is 3. The minimum atomic E-state index is -0.768. The second-order valence-corrected chi connectivity index (χ2v) is 23.5. The van der Waals surface area contributed by atoms with E-state index in [-0.39, 0.29) is 31.1 Å². The van der Waals surface area contributed by atoms with E-state index in [1.807, 2.05) is 0 Å². The SMILES string of the molecule is CCCCCCCC/C=C\CCCCCCCC(=O)OC(COC(=O)CCCCCCCCCC)COC(=O)CCCCCCCCCCCCCCCCCCCCCCCCCCCCCCCCCCCC. The van der Waals surface area contributed by atoms with Crippen molar-refractivity contribution in [2.24, 2.45) is 0 Å². The highest BCUT2D eigenvalue weighted by Crippen LogP contribution is 2.19. The van der Waals surface area contributed by atoms with Crippen LogP contribution in [0.25, 0.3) is 0 Å². The number of ether oxygens (including phenoxy) is 3. The highest BCUT2D eigenvalue weighted by Gasteiger charge is 2.19. The van der Waals surface area contributed by atoms with Gasteiger partial charge in [-0.15, -0.1) is 0 Å². The number of esters is 3. The monoisotopic (exact) mass is 1060 g/mol. The molecule has 6 heteroatoms. The molecule has 0 aliphatic heterocycles. The predicted octanol–water partition coefficient (Wildman–Crippen LogP) is 23.2. The van der Waals surface area contributed by atoms with Gasteiger partial charge in [-0.2, -0.15) is 0 Å². The molecule has 0 radical (unpaired) electrons. The zero-order valence-corrected chi connectivity index (χ0v) is 51.1. The Balaban J connectivity index is 3.92. The largest absolute Gasteiger partial charge is 0.462 e. The number of hydrogen-bond acceptors (Lipinski definition) is 6. The highest BCUT2D eigenvalue weighted by molar-refractivity contribution is 5.71. The van der Waals surface area contributed by atoms with Crippen molar-refractivity contribution in [3.8, 4) is 0 Å². The first-order chi connectivity index (χ1) is 37.0. The van der Waals surface area contributed by atoms with E-state index in [0.717, 1.165) is 64.2 Å². The van der Waals surface area contributed by atoms with Gasteiger partial charge in [-0.1, -0.05) is 341 Å². The molecule has 0 aromatic rings. The molecule has 0 spiro atoms. The second-order valence-electron chi connectivity index (χ2n) is 23.5. The van der Waals surface area contributed by atoms with Crippen LogP contribution in [0.1, 0.15) is 393 Å². The number of rotatable bonds is 64. The highest BCUT2D eigenvalue weighted by atomic mass is 16.6. The van der Waals surface area contributed by atoms with E-state index < -0.39 is 6.10 Å². The van der Waals surface area contributed by atoms with Crippen molar-refractivity contribution in [1.29, 1.82) is 0 Å². The van der Waals surface area contributed by atoms with Crippen LogP contribution in [0.3, 0.4) is 0 Å². The fourth-order valence-electron chi connectivity index (χ4n) is 10.6. The number of unbranched alkanes of at least 4 members (excludes halogenated alkanes) is 51. The summed E-state index contributed by atoms with van der Waals surface area (Å²) >= 11 is 0. The molecular formula is C69H132O6. The summed E-state index contributed by atoms with van der Waals surface area (Å²) < 4.78 is 16.9. The zero-order chi connectivity index (χ0) is 54.3. The molecule has 0 aliphatic carbocycles. The summed E-state index contributed by atoms with van der Waals surface area (Å²) in [7, 11) is 0. The summed E-state index contributed by atoms with van der Waals surface area (Å²) in [5.74, 6) is -0.855. The van der Waals surface area contributed by atoms with Crippen molar-refractivity contribution in [3.05, 3.63) is 12.2 Å². The van der Waals surface area contributed by atoms with Crippen LogP contribution in [0.2, 0.25) is 0 Å². The lowest BCUT2D eigenvalue weighted by Crippen LogP contribution is -2.30. The Labute approximate surface area is 469 Å². The van der Waals surface area contributed by atoms with Gasteiger partial charge in [0.2, 0.25) is 0 Å². The van der Waals surface area contributed by atoms with Crippen LogP contribution >= 0.6 is 0 Å². The third kappa shape index (κ3) is 62.9. The van der Waals surface area contributed by atoms with Gasteiger partial charge in [0.1, 0.15) is 13.2 Å². The molecule has 0 aromatic carbocycles. The van der Waals surface area contributed by atoms with Gasteiger partial charge >= 0.3 is 17.9 Å². The van der Waals surface area contributed by atoms with Crippen molar-refractivity contribution in [1.82, 2.24) is 0 Å². The average molecular weight is 1060 g/mol. The molecule has 0 N–H and O–H groups in total.